The highest BCUT2D eigenvalue weighted by Gasteiger charge is 2.09. The predicted octanol–water partition coefficient (Wildman–Crippen LogP) is 1.57. The van der Waals surface area contributed by atoms with Crippen molar-refractivity contribution in [2.45, 2.75) is 5.03 Å². The molecule has 0 amide bonds. The van der Waals surface area contributed by atoms with Gasteiger partial charge in [0.25, 0.3) is 0 Å². The average molecular weight is 195 g/mol. The van der Waals surface area contributed by atoms with Crippen molar-refractivity contribution in [3.63, 3.8) is 0 Å². The van der Waals surface area contributed by atoms with Crippen molar-refractivity contribution < 1.29 is 8.42 Å². The van der Waals surface area contributed by atoms with Gasteiger partial charge in [0.2, 0.25) is 0 Å². The summed E-state index contributed by atoms with van der Waals surface area (Å²) in [4.78, 5) is 2.85. The zero-order valence-electron chi connectivity index (χ0n) is 7.11. The predicted molar refractivity (Wildman–Crippen MR) is 51.4 cm³/mol. The Balaban J connectivity index is 2.77. The number of benzene rings is 1. The number of aromatic nitrogens is 1. The van der Waals surface area contributed by atoms with E-state index in [0.717, 1.165) is 10.9 Å². The Kier molecular flexibility index (Phi) is 1.66. The molecule has 1 aromatic carbocycles. The lowest BCUT2D eigenvalue weighted by Gasteiger charge is -1.89. The molecule has 2 aromatic rings. The van der Waals surface area contributed by atoms with Crippen LogP contribution in [0.1, 0.15) is 0 Å². The van der Waals surface area contributed by atoms with Gasteiger partial charge in [0, 0.05) is 17.2 Å². The van der Waals surface area contributed by atoms with Crippen molar-refractivity contribution >= 4 is 20.7 Å². The minimum Gasteiger partial charge on any atom is -0.346 e. The van der Waals surface area contributed by atoms with E-state index in [2.05, 4.69) is 4.98 Å². The molecule has 0 saturated heterocycles. The Labute approximate surface area is 76.3 Å². The van der Waals surface area contributed by atoms with E-state index >= 15 is 0 Å². The van der Waals surface area contributed by atoms with Gasteiger partial charge in [0.15, 0.2) is 9.84 Å². The fourth-order valence-corrected chi connectivity index (χ4v) is 1.88. The highest BCUT2D eigenvalue weighted by atomic mass is 32.2. The third-order valence-electron chi connectivity index (χ3n) is 1.90. The quantitative estimate of drug-likeness (QED) is 0.750. The molecule has 13 heavy (non-hydrogen) atoms. The van der Waals surface area contributed by atoms with Crippen molar-refractivity contribution in [3.05, 3.63) is 30.3 Å². The summed E-state index contributed by atoms with van der Waals surface area (Å²) < 4.78 is 22.3. The molecule has 0 unspecified atom stereocenters. The molecule has 0 aliphatic heterocycles. The molecule has 1 heterocycles. The second-order valence-electron chi connectivity index (χ2n) is 2.99. The Bertz CT molecular complexity index is 506. The summed E-state index contributed by atoms with van der Waals surface area (Å²) in [7, 11) is -3.12. The molecule has 0 radical (unpaired) electrons. The van der Waals surface area contributed by atoms with Gasteiger partial charge in [0.05, 0.1) is 0 Å². The number of nitrogens with one attached hydrogen (secondary N) is 1. The molecule has 1 N–H and O–H groups in total. The van der Waals surface area contributed by atoms with E-state index < -0.39 is 9.84 Å². The van der Waals surface area contributed by atoms with Crippen LogP contribution in [0.2, 0.25) is 0 Å². The van der Waals surface area contributed by atoms with Gasteiger partial charge in [-0.05, 0) is 12.1 Å². The van der Waals surface area contributed by atoms with Crippen molar-refractivity contribution in [1.29, 1.82) is 0 Å². The molecule has 0 atom stereocenters. The minimum absolute atomic E-state index is 0.272. The molecule has 0 bridgehead atoms. The van der Waals surface area contributed by atoms with Gasteiger partial charge in [-0.25, -0.2) is 8.42 Å². The van der Waals surface area contributed by atoms with E-state index in [1.807, 2.05) is 24.3 Å². The van der Waals surface area contributed by atoms with Gasteiger partial charge >= 0.3 is 0 Å². The number of hydrogen-bond acceptors (Lipinski definition) is 2. The number of hydrogen-bond donors (Lipinski definition) is 1. The van der Waals surface area contributed by atoms with Crippen LogP contribution in [0.3, 0.4) is 0 Å². The van der Waals surface area contributed by atoms with Gasteiger partial charge in [-0.1, -0.05) is 18.2 Å². The average Bonchev–Trinajstić information content (AvgIpc) is 2.45. The second-order valence-corrected chi connectivity index (χ2v) is 4.98. The summed E-state index contributed by atoms with van der Waals surface area (Å²) in [6, 6.07) is 9.11. The third kappa shape index (κ3) is 1.45. The third-order valence-corrected chi connectivity index (χ3v) is 2.92. The van der Waals surface area contributed by atoms with Crippen LogP contribution in [0.5, 0.6) is 0 Å². The maximum atomic E-state index is 11.2. The van der Waals surface area contributed by atoms with E-state index in [9.17, 15) is 8.42 Å². The van der Waals surface area contributed by atoms with Gasteiger partial charge in [-0.2, -0.15) is 0 Å². The monoisotopic (exact) mass is 195 g/mol. The number of rotatable bonds is 1. The zero-order valence-corrected chi connectivity index (χ0v) is 7.93. The van der Waals surface area contributed by atoms with Crippen LogP contribution in [-0.4, -0.2) is 19.7 Å². The van der Waals surface area contributed by atoms with Crippen LogP contribution in [0, 0.1) is 0 Å². The Morgan fingerprint density at radius 2 is 1.92 bits per heavy atom. The first-order valence-electron chi connectivity index (χ1n) is 3.85. The first-order chi connectivity index (χ1) is 6.07. The normalized spacial score (nSPS) is 12.1. The van der Waals surface area contributed by atoms with Crippen molar-refractivity contribution in [1.82, 2.24) is 4.98 Å². The summed E-state index contributed by atoms with van der Waals surface area (Å²) in [5, 5.41) is 1.19. The van der Waals surface area contributed by atoms with Crippen molar-refractivity contribution in [3.8, 4) is 0 Å². The molecule has 1 aromatic heterocycles. The Morgan fingerprint density at radius 1 is 1.23 bits per heavy atom. The number of para-hydroxylation sites is 1. The molecule has 2 rings (SSSR count). The molecule has 3 nitrogen and oxygen atoms in total. The first kappa shape index (κ1) is 8.31. The molecular formula is C9H9NO2S. The standard InChI is InChI=1S/C9H9NO2S/c1-13(11,12)9-6-7-4-2-3-5-8(7)10-9/h2-6,10H,1H3. The molecule has 0 spiro atoms. The van der Waals surface area contributed by atoms with E-state index in [0.29, 0.717) is 0 Å². The SMILES string of the molecule is CS(=O)(=O)c1cc2ccccc2[nH]1. The lowest BCUT2D eigenvalue weighted by atomic mass is 10.3. The van der Waals surface area contributed by atoms with Gasteiger partial charge < -0.3 is 4.98 Å². The lowest BCUT2D eigenvalue weighted by molar-refractivity contribution is 0.599. The fourth-order valence-electron chi connectivity index (χ4n) is 1.25. The molecule has 0 fully saturated rings. The highest BCUT2D eigenvalue weighted by Crippen LogP contribution is 2.17. The van der Waals surface area contributed by atoms with E-state index in [-0.39, 0.29) is 5.03 Å². The van der Waals surface area contributed by atoms with Gasteiger partial charge in [0.1, 0.15) is 5.03 Å². The lowest BCUT2D eigenvalue weighted by Crippen LogP contribution is -1.96. The zero-order chi connectivity index (χ0) is 9.47. The maximum absolute atomic E-state index is 11.2. The van der Waals surface area contributed by atoms with E-state index in [4.69, 9.17) is 0 Å². The number of sulfone groups is 1. The van der Waals surface area contributed by atoms with Crippen molar-refractivity contribution in [2.75, 3.05) is 6.26 Å². The molecule has 4 heteroatoms. The van der Waals surface area contributed by atoms with Crippen LogP contribution in [0.15, 0.2) is 35.4 Å². The fraction of sp³-hybridized carbons (Fsp3) is 0.111. The van der Waals surface area contributed by atoms with Crippen LogP contribution in [0.4, 0.5) is 0 Å². The summed E-state index contributed by atoms with van der Waals surface area (Å²) in [5.74, 6) is 0. The summed E-state index contributed by atoms with van der Waals surface area (Å²) in [6.45, 7) is 0. The van der Waals surface area contributed by atoms with E-state index in [1.54, 1.807) is 6.07 Å². The topological polar surface area (TPSA) is 49.9 Å². The van der Waals surface area contributed by atoms with Gasteiger partial charge in [-0.3, -0.25) is 0 Å². The summed E-state index contributed by atoms with van der Waals surface area (Å²) in [6.07, 6.45) is 1.19. The minimum atomic E-state index is -3.12. The van der Waals surface area contributed by atoms with E-state index in [1.165, 1.54) is 6.26 Å². The molecule has 68 valence electrons. The first-order valence-corrected chi connectivity index (χ1v) is 5.74. The van der Waals surface area contributed by atoms with Crippen LogP contribution in [0.25, 0.3) is 10.9 Å². The number of aromatic amines is 1. The smallest absolute Gasteiger partial charge is 0.190 e. The molecule has 0 saturated carbocycles. The molecule has 0 aliphatic carbocycles. The second kappa shape index (κ2) is 2.60. The van der Waals surface area contributed by atoms with Crippen molar-refractivity contribution in [2.24, 2.45) is 0 Å². The molecular weight excluding hydrogens is 186 g/mol. The van der Waals surface area contributed by atoms with Crippen LogP contribution in [-0.2, 0) is 9.84 Å². The Hall–Kier alpha value is -1.29. The largest absolute Gasteiger partial charge is 0.346 e. The van der Waals surface area contributed by atoms with Crippen LogP contribution < -0.4 is 0 Å². The summed E-state index contributed by atoms with van der Waals surface area (Å²) >= 11 is 0. The maximum Gasteiger partial charge on any atom is 0.190 e. The number of H-pyrrole nitrogens is 1. The molecule has 0 aliphatic rings. The highest BCUT2D eigenvalue weighted by molar-refractivity contribution is 7.90. The van der Waals surface area contributed by atoms with Crippen LogP contribution >= 0.6 is 0 Å². The number of fused-ring (bicyclic) bond motifs is 1. The Morgan fingerprint density at radius 3 is 2.54 bits per heavy atom. The van der Waals surface area contributed by atoms with Gasteiger partial charge in [-0.15, -0.1) is 0 Å². The summed E-state index contributed by atoms with van der Waals surface area (Å²) in [5.41, 5.74) is 0.850.